The molecule has 0 fully saturated rings. The molecule has 0 radical (unpaired) electrons. The Labute approximate surface area is 136 Å². The largest absolute Gasteiger partial charge is 0.503 e. The van der Waals surface area contributed by atoms with Crippen molar-refractivity contribution in [1.82, 2.24) is 0 Å². The molecule has 0 atom stereocenters. The fraction of sp³-hybridized carbons (Fsp3) is 0.0588. The third-order valence-corrected chi connectivity index (χ3v) is 3.59. The lowest BCUT2D eigenvalue weighted by Crippen LogP contribution is -2.01. The number of ketones is 1. The van der Waals surface area contributed by atoms with Gasteiger partial charge in [-0.3, -0.25) is 4.79 Å². The summed E-state index contributed by atoms with van der Waals surface area (Å²) in [7, 11) is 1.43. The third kappa shape index (κ3) is 3.35. The molecule has 0 saturated carbocycles. The molecule has 0 saturated heterocycles. The van der Waals surface area contributed by atoms with Crippen LogP contribution in [0.4, 0.5) is 0 Å². The number of phenolic OH excluding ortho intramolecular Hbond substituents is 1. The minimum Gasteiger partial charge on any atom is -0.503 e. The second kappa shape index (κ2) is 6.92. The van der Waals surface area contributed by atoms with Crippen molar-refractivity contribution in [2.75, 3.05) is 7.11 Å². The predicted molar refractivity (Wildman–Crippen MR) is 86.7 cm³/mol. The van der Waals surface area contributed by atoms with Gasteiger partial charge in [0.25, 0.3) is 0 Å². The number of nitrogens with zero attached hydrogens (tertiary/aromatic N) is 1. The SMILES string of the molecule is COc1cc(/C=C(/C#N)C(=O)c2ccccc2)cc(Br)c1O. The summed E-state index contributed by atoms with van der Waals surface area (Å²) in [5, 5.41) is 19.0. The van der Waals surface area contributed by atoms with Gasteiger partial charge in [-0.2, -0.15) is 5.26 Å². The maximum absolute atomic E-state index is 12.3. The van der Waals surface area contributed by atoms with E-state index in [4.69, 9.17) is 4.74 Å². The second-order valence-corrected chi connectivity index (χ2v) is 5.27. The van der Waals surface area contributed by atoms with Gasteiger partial charge in [-0.25, -0.2) is 0 Å². The fourth-order valence-corrected chi connectivity index (χ4v) is 2.35. The van der Waals surface area contributed by atoms with Crippen LogP contribution in [0, 0.1) is 11.3 Å². The van der Waals surface area contributed by atoms with Crippen LogP contribution in [-0.2, 0) is 0 Å². The number of carbonyl (C=O) groups excluding carboxylic acids is 1. The minimum absolute atomic E-state index is 0.00541. The lowest BCUT2D eigenvalue weighted by atomic mass is 10.0. The first kappa shape index (κ1) is 15.8. The number of hydrogen-bond acceptors (Lipinski definition) is 4. The molecule has 0 aliphatic heterocycles. The van der Waals surface area contributed by atoms with Crippen LogP contribution in [0.3, 0.4) is 0 Å². The summed E-state index contributed by atoms with van der Waals surface area (Å²) >= 11 is 3.20. The van der Waals surface area contributed by atoms with Crippen molar-refractivity contribution in [2.24, 2.45) is 0 Å². The number of hydrogen-bond donors (Lipinski definition) is 1. The van der Waals surface area contributed by atoms with Gasteiger partial charge in [0.2, 0.25) is 5.78 Å². The van der Waals surface area contributed by atoms with E-state index >= 15 is 0 Å². The number of allylic oxidation sites excluding steroid dienone is 1. The molecule has 0 bridgehead atoms. The zero-order valence-corrected chi connectivity index (χ0v) is 13.3. The smallest absolute Gasteiger partial charge is 0.203 e. The Morgan fingerprint density at radius 2 is 2.00 bits per heavy atom. The van der Waals surface area contributed by atoms with Crippen molar-refractivity contribution in [1.29, 1.82) is 5.26 Å². The molecule has 0 aliphatic rings. The van der Waals surface area contributed by atoms with E-state index in [1.54, 1.807) is 42.5 Å². The van der Waals surface area contributed by atoms with E-state index in [0.717, 1.165) is 0 Å². The summed E-state index contributed by atoms with van der Waals surface area (Å²) in [5.74, 6) is -0.135. The highest BCUT2D eigenvalue weighted by Crippen LogP contribution is 2.35. The first-order chi connectivity index (χ1) is 10.6. The lowest BCUT2D eigenvalue weighted by molar-refractivity contribution is 0.104. The Morgan fingerprint density at radius 1 is 1.32 bits per heavy atom. The number of benzene rings is 2. The minimum atomic E-state index is -0.355. The maximum atomic E-state index is 12.3. The zero-order chi connectivity index (χ0) is 16.1. The van der Waals surface area contributed by atoms with Crippen LogP contribution in [0.15, 0.2) is 52.5 Å². The van der Waals surface area contributed by atoms with E-state index in [0.29, 0.717) is 15.6 Å². The average molecular weight is 358 g/mol. The van der Waals surface area contributed by atoms with E-state index < -0.39 is 0 Å². The molecule has 0 aromatic heterocycles. The second-order valence-electron chi connectivity index (χ2n) is 4.42. The number of Topliss-reactive ketones (excluding diaryl/α,β-unsaturated/α-hetero) is 1. The Hall–Kier alpha value is -2.58. The summed E-state index contributed by atoms with van der Waals surface area (Å²) in [6, 6.07) is 13.7. The number of methoxy groups -OCH3 is 1. The monoisotopic (exact) mass is 357 g/mol. The van der Waals surface area contributed by atoms with Crippen LogP contribution >= 0.6 is 15.9 Å². The van der Waals surface area contributed by atoms with Crippen LogP contribution in [0.5, 0.6) is 11.5 Å². The highest BCUT2D eigenvalue weighted by atomic mass is 79.9. The molecule has 2 aromatic rings. The van der Waals surface area contributed by atoms with Gasteiger partial charge in [-0.1, -0.05) is 30.3 Å². The van der Waals surface area contributed by atoms with Gasteiger partial charge in [-0.05, 0) is 39.7 Å². The number of phenols is 1. The molecule has 0 unspecified atom stereocenters. The van der Waals surface area contributed by atoms with Gasteiger partial charge in [0, 0.05) is 5.56 Å². The summed E-state index contributed by atoms with van der Waals surface area (Å²) in [6.07, 6.45) is 1.46. The number of nitriles is 1. The molecule has 1 N–H and O–H groups in total. The molecule has 5 heteroatoms. The van der Waals surface area contributed by atoms with Gasteiger partial charge < -0.3 is 9.84 Å². The molecule has 2 rings (SSSR count). The Bertz CT molecular complexity index is 776. The number of ether oxygens (including phenoxy) is 1. The van der Waals surface area contributed by atoms with Crippen molar-refractivity contribution in [2.45, 2.75) is 0 Å². The normalized spacial score (nSPS) is 10.9. The lowest BCUT2D eigenvalue weighted by Gasteiger charge is -2.07. The summed E-state index contributed by atoms with van der Waals surface area (Å²) in [5.41, 5.74) is 1.02. The van der Waals surface area contributed by atoms with Gasteiger partial charge in [-0.15, -0.1) is 0 Å². The van der Waals surface area contributed by atoms with E-state index in [9.17, 15) is 15.2 Å². The molecule has 22 heavy (non-hydrogen) atoms. The van der Waals surface area contributed by atoms with Crippen molar-refractivity contribution in [3.8, 4) is 17.6 Å². The summed E-state index contributed by atoms with van der Waals surface area (Å²) in [4.78, 5) is 12.3. The molecular formula is C17H12BrNO3. The topological polar surface area (TPSA) is 70.3 Å². The Balaban J connectivity index is 2.44. The van der Waals surface area contributed by atoms with Gasteiger partial charge in [0.05, 0.1) is 11.6 Å². The number of rotatable bonds is 4. The molecule has 2 aromatic carbocycles. The van der Waals surface area contributed by atoms with E-state index in [1.165, 1.54) is 13.2 Å². The van der Waals surface area contributed by atoms with Crippen molar-refractivity contribution < 1.29 is 14.6 Å². The molecule has 0 aliphatic carbocycles. The molecule has 0 amide bonds. The maximum Gasteiger partial charge on any atom is 0.203 e. The van der Waals surface area contributed by atoms with Crippen molar-refractivity contribution >= 4 is 27.8 Å². The highest BCUT2D eigenvalue weighted by Gasteiger charge is 2.13. The van der Waals surface area contributed by atoms with Gasteiger partial charge >= 0.3 is 0 Å². The number of halogens is 1. The molecule has 0 heterocycles. The molecule has 4 nitrogen and oxygen atoms in total. The predicted octanol–water partition coefficient (Wildman–Crippen LogP) is 3.95. The Morgan fingerprint density at radius 3 is 2.59 bits per heavy atom. The average Bonchev–Trinajstić information content (AvgIpc) is 2.55. The van der Waals surface area contributed by atoms with E-state index in [1.807, 2.05) is 6.07 Å². The van der Waals surface area contributed by atoms with E-state index in [-0.39, 0.29) is 22.9 Å². The summed E-state index contributed by atoms with van der Waals surface area (Å²) < 4.78 is 5.47. The molecular weight excluding hydrogens is 346 g/mol. The fourth-order valence-electron chi connectivity index (χ4n) is 1.89. The Kier molecular flexibility index (Phi) is 4.97. The molecule has 0 spiro atoms. The van der Waals surface area contributed by atoms with Crippen LogP contribution in [0.2, 0.25) is 0 Å². The molecule has 110 valence electrons. The van der Waals surface area contributed by atoms with E-state index in [2.05, 4.69) is 15.9 Å². The standard InChI is InChI=1S/C17H12BrNO3/c1-22-15-9-11(8-14(18)17(15)21)7-13(10-19)16(20)12-5-3-2-4-6-12/h2-9,21H,1H3/b13-7-. The summed E-state index contributed by atoms with van der Waals surface area (Å²) in [6.45, 7) is 0. The van der Waals surface area contributed by atoms with Crippen molar-refractivity contribution in [3.63, 3.8) is 0 Å². The first-order valence-corrected chi connectivity index (χ1v) is 7.14. The zero-order valence-electron chi connectivity index (χ0n) is 11.7. The first-order valence-electron chi connectivity index (χ1n) is 6.35. The van der Waals surface area contributed by atoms with Crippen LogP contribution < -0.4 is 4.74 Å². The van der Waals surface area contributed by atoms with Gasteiger partial charge in [0.1, 0.15) is 11.6 Å². The van der Waals surface area contributed by atoms with Crippen LogP contribution in [-0.4, -0.2) is 18.0 Å². The quantitative estimate of drug-likeness (QED) is 0.510. The van der Waals surface area contributed by atoms with Crippen LogP contribution in [0.25, 0.3) is 6.08 Å². The van der Waals surface area contributed by atoms with Gasteiger partial charge in [0.15, 0.2) is 11.5 Å². The highest BCUT2D eigenvalue weighted by molar-refractivity contribution is 9.10. The number of carbonyl (C=O) groups is 1. The number of aromatic hydroxyl groups is 1. The third-order valence-electron chi connectivity index (χ3n) is 2.98. The van der Waals surface area contributed by atoms with Crippen LogP contribution in [0.1, 0.15) is 15.9 Å². The van der Waals surface area contributed by atoms with Crippen molar-refractivity contribution in [3.05, 3.63) is 63.6 Å².